The lowest BCUT2D eigenvalue weighted by Gasteiger charge is -2.17. The highest BCUT2D eigenvalue weighted by atomic mass is 16.5. The molecule has 1 aliphatic heterocycles. The van der Waals surface area contributed by atoms with E-state index in [-0.39, 0.29) is 0 Å². The summed E-state index contributed by atoms with van der Waals surface area (Å²) in [4.78, 5) is 13.2. The van der Waals surface area contributed by atoms with Crippen LogP contribution >= 0.6 is 0 Å². The number of nitrogens with two attached hydrogens (primary N) is 1. The topological polar surface area (TPSA) is 73.9 Å². The highest BCUT2D eigenvalue weighted by molar-refractivity contribution is 5.55. The van der Waals surface area contributed by atoms with Crippen LogP contribution in [0.1, 0.15) is 16.8 Å². The fraction of sp³-hybridized carbons (Fsp3) is 0.308. The maximum Gasteiger partial charge on any atom is 0.180 e. The molecule has 0 saturated heterocycles. The zero-order valence-corrected chi connectivity index (χ0v) is 10.2. The number of hydrogen-bond acceptors (Lipinski definition) is 5. The Labute approximate surface area is 105 Å². The van der Waals surface area contributed by atoms with Crippen molar-refractivity contribution in [3.8, 4) is 11.5 Å². The second kappa shape index (κ2) is 4.34. The number of ether oxygens (including phenoxy) is 1. The van der Waals surface area contributed by atoms with Gasteiger partial charge in [0.2, 0.25) is 0 Å². The first-order chi connectivity index (χ1) is 8.74. The Bertz CT molecular complexity index is 580. The first-order valence-electron chi connectivity index (χ1n) is 5.90. The quantitative estimate of drug-likeness (QED) is 0.820. The Kier molecular flexibility index (Phi) is 2.68. The largest absolute Gasteiger partial charge is 0.383 e. The lowest BCUT2D eigenvalue weighted by molar-refractivity contribution is 0.109. The molecule has 0 aromatic carbocycles. The first kappa shape index (κ1) is 11.1. The third-order valence-electron chi connectivity index (χ3n) is 2.99. The molecule has 0 amide bonds. The van der Waals surface area contributed by atoms with Crippen LogP contribution in [-0.2, 0) is 17.8 Å². The molecule has 18 heavy (non-hydrogen) atoms. The molecule has 0 unspecified atom stereocenters. The molecule has 2 aromatic rings. The Hall–Kier alpha value is -2.01. The number of nitrogen functional groups attached to an aromatic ring is 1. The van der Waals surface area contributed by atoms with Gasteiger partial charge in [-0.05, 0) is 18.6 Å². The molecule has 0 spiro atoms. The van der Waals surface area contributed by atoms with E-state index in [1.807, 2.05) is 19.1 Å². The standard InChI is InChI=1S/C13H14N4O/c1-8-2-3-11(15-6-8)13-16-10-4-5-18-7-9(10)12(14)17-13/h2-3,6H,4-5,7H2,1H3,(H2,14,16,17). The van der Waals surface area contributed by atoms with Crippen LogP contribution in [-0.4, -0.2) is 21.6 Å². The maximum absolute atomic E-state index is 5.95. The van der Waals surface area contributed by atoms with Crippen molar-refractivity contribution in [2.45, 2.75) is 20.0 Å². The summed E-state index contributed by atoms with van der Waals surface area (Å²) in [5.41, 5.74) is 9.70. The van der Waals surface area contributed by atoms with Crippen molar-refractivity contribution in [2.75, 3.05) is 12.3 Å². The molecule has 5 nitrogen and oxygen atoms in total. The van der Waals surface area contributed by atoms with Gasteiger partial charge in [0.15, 0.2) is 5.82 Å². The predicted molar refractivity (Wildman–Crippen MR) is 67.8 cm³/mol. The number of rotatable bonds is 1. The summed E-state index contributed by atoms with van der Waals surface area (Å²) >= 11 is 0. The van der Waals surface area contributed by atoms with Gasteiger partial charge in [-0.2, -0.15) is 0 Å². The first-order valence-corrected chi connectivity index (χ1v) is 5.90. The van der Waals surface area contributed by atoms with Crippen LogP contribution in [0.2, 0.25) is 0 Å². The minimum absolute atomic E-state index is 0.497. The van der Waals surface area contributed by atoms with Crippen molar-refractivity contribution in [1.82, 2.24) is 15.0 Å². The molecule has 1 aliphatic rings. The van der Waals surface area contributed by atoms with Crippen LogP contribution in [0.25, 0.3) is 11.5 Å². The Morgan fingerprint density at radius 2 is 2.17 bits per heavy atom. The molecular formula is C13H14N4O. The molecule has 0 bridgehead atoms. The van der Waals surface area contributed by atoms with Gasteiger partial charge in [0.1, 0.15) is 11.5 Å². The van der Waals surface area contributed by atoms with E-state index in [1.165, 1.54) is 0 Å². The van der Waals surface area contributed by atoms with Gasteiger partial charge in [0.05, 0.1) is 18.9 Å². The summed E-state index contributed by atoms with van der Waals surface area (Å²) in [5.74, 6) is 1.09. The summed E-state index contributed by atoms with van der Waals surface area (Å²) in [6.07, 6.45) is 2.58. The van der Waals surface area contributed by atoms with Crippen LogP contribution in [0, 0.1) is 6.92 Å². The van der Waals surface area contributed by atoms with E-state index in [2.05, 4.69) is 15.0 Å². The summed E-state index contributed by atoms with van der Waals surface area (Å²) in [6, 6.07) is 3.90. The van der Waals surface area contributed by atoms with Gasteiger partial charge in [0.25, 0.3) is 0 Å². The molecule has 3 heterocycles. The SMILES string of the molecule is Cc1ccc(-c2nc(N)c3c(n2)CCOC3)nc1. The molecule has 3 rings (SSSR count). The van der Waals surface area contributed by atoms with E-state index in [9.17, 15) is 0 Å². The molecule has 0 aliphatic carbocycles. The summed E-state index contributed by atoms with van der Waals surface area (Å²) in [5, 5.41) is 0. The van der Waals surface area contributed by atoms with Gasteiger partial charge in [-0.15, -0.1) is 0 Å². The number of aryl methyl sites for hydroxylation is 1. The molecule has 0 atom stereocenters. The number of fused-ring (bicyclic) bond motifs is 1. The Balaban J connectivity index is 2.08. The summed E-state index contributed by atoms with van der Waals surface area (Å²) in [6.45, 7) is 3.18. The highest BCUT2D eigenvalue weighted by Gasteiger charge is 2.17. The summed E-state index contributed by atoms with van der Waals surface area (Å²) in [7, 11) is 0. The molecule has 0 radical (unpaired) electrons. The Morgan fingerprint density at radius 1 is 1.28 bits per heavy atom. The third-order valence-corrected chi connectivity index (χ3v) is 2.99. The minimum Gasteiger partial charge on any atom is -0.383 e. The fourth-order valence-corrected chi connectivity index (χ4v) is 1.97. The zero-order valence-electron chi connectivity index (χ0n) is 10.2. The molecule has 0 saturated carbocycles. The second-order valence-electron chi connectivity index (χ2n) is 4.38. The summed E-state index contributed by atoms with van der Waals surface area (Å²) < 4.78 is 5.36. The van der Waals surface area contributed by atoms with Gasteiger partial charge in [-0.3, -0.25) is 4.98 Å². The van der Waals surface area contributed by atoms with Crippen LogP contribution in [0.15, 0.2) is 18.3 Å². The van der Waals surface area contributed by atoms with Crippen LogP contribution in [0.5, 0.6) is 0 Å². The van der Waals surface area contributed by atoms with Gasteiger partial charge < -0.3 is 10.5 Å². The van der Waals surface area contributed by atoms with Crippen molar-refractivity contribution >= 4 is 5.82 Å². The van der Waals surface area contributed by atoms with Crippen molar-refractivity contribution in [1.29, 1.82) is 0 Å². The number of anilines is 1. The molecule has 92 valence electrons. The normalized spacial score (nSPS) is 14.3. The van der Waals surface area contributed by atoms with Crippen molar-refractivity contribution in [3.63, 3.8) is 0 Å². The van der Waals surface area contributed by atoms with E-state index in [0.29, 0.717) is 24.9 Å². The predicted octanol–water partition coefficient (Wildman–Crippen LogP) is 1.50. The van der Waals surface area contributed by atoms with Crippen LogP contribution in [0.4, 0.5) is 5.82 Å². The number of aromatic nitrogens is 3. The molecular weight excluding hydrogens is 228 g/mol. The Morgan fingerprint density at radius 3 is 2.94 bits per heavy atom. The lowest BCUT2D eigenvalue weighted by atomic mass is 10.1. The van der Waals surface area contributed by atoms with Crippen molar-refractivity contribution in [2.24, 2.45) is 0 Å². The lowest BCUT2D eigenvalue weighted by Crippen LogP contribution is -2.16. The minimum atomic E-state index is 0.497. The fourth-order valence-electron chi connectivity index (χ4n) is 1.97. The second-order valence-corrected chi connectivity index (χ2v) is 4.38. The number of hydrogen-bond donors (Lipinski definition) is 1. The molecule has 2 aromatic heterocycles. The zero-order chi connectivity index (χ0) is 12.5. The average molecular weight is 242 g/mol. The van der Waals surface area contributed by atoms with Gasteiger partial charge in [-0.25, -0.2) is 9.97 Å². The van der Waals surface area contributed by atoms with Gasteiger partial charge in [-0.1, -0.05) is 6.07 Å². The third kappa shape index (κ3) is 1.93. The van der Waals surface area contributed by atoms with Gasteiger partial charge in [0, 0.05) is 18.2 Å². The van der Waals surface area contributed by atoms with E-state index in [4.69, 9.17) is 10.5 Å². The molecule has 0 fully saturated rings. The molecule has 2 N–H and O–H groups in total. The molecule has 5 heteroatoms. The van der Waals surface area contributed by atoms with E-state index >= 15 is 0 Å². The smallest absolute Gasteiger partial charge is 0.180 e. The monoisotopic (exact) mass is 242 g/mol. The van der Waals surface area contributed by atoms with E-state index in [0.717, 1.165) is 28.9 Å². The maximum atomic E-state index is 5.95. The van der Waals surface area contributed by atoms with Crippen molar-refractivity contribution < 1.29 is 4.74 Å². The van der Waals surface area contributed by atoms with Crippen molar-refractivity contribution in [3.05, 3.63) is 35.2 Å². The van der Waals surface area contributed by atoms with E-state index < -0.39 is 0 Å². The number of nitrogens with zero attached hydrogens (tertiary/aromatic N) is 3. The highest BCUT2D eigenvalue weighted by Crippen LogP contribution is 2.23. The van der Waals surface area contributed by atoms with Crippen LogP contribution < -0.4 is 5.73 Å². The van der Waals surface area contributed by atoms with E-state index in [1.54, 1.807) is 6.20 Å². The number of pyridine rings is 1. The average Bonchev–Trinajstić information content (AvgIpc) is 2.39. The van der Waals surface area contributed by atoms with Gasteiger partial charge >= 0.3 is 0 Å². The van der Waals surface area contributed by atoms with Crippen LogP contribution in [0.3, 0.4) is 0 Å².